The molecule has 1 atom stereocenters. The first-order chi connectivity index (χ1) is 16.6. The molecule has 10 heteroatoms. The number of unbranched alkanes of at least 4 members (excludes halogenated alkanes) is 1. The van der Waals surface area contributed by atoms with Crippen LogP contribution in [-0.2, 0) is 26.2 Å². The molecule has 0 bridgehead atoms. The lowest BCUT2D eigenvalue weighted by Crippen LogP contribution is -2.51. The Kier molecular flexibility index (Phi) is 10.4. The standard InChI is InChI=1S/C25H35N3O6S/c1-6-7-15-26-25(30)19(2)27(17-20-11-9-8-10-12-20)24(29)18-28(35(5,31)32)22-16-21(33-3)13-14-23(22)34-4/h8-14,16,19H,6-7,15,17-18H2,1-5H3,(H,26,30)/t19-/m0/s1. The van der Waals surface area contributed by atoms with Crippen molar-refractivity contribution in [3.05, 3.63) is 54.1 Å². The van der Waals surface area contributed by atoms with Crippen LogP contribution in [0.3, 0.4) is 0 Å². The maximum Gasteiger partial charge on any atom is 0.244 e. The Bertz CT molecular complexity index is 1090. The Balaban J connectivity index is 2.41. The second kappa shape index (κ2) is 13.0. The van der Waals surface area contributed by atoms with E-state index < -0.39 is 28.5 Å². The second-order valence-corrected chi connectivity index (χ2v) is 10.0. The van der Waals surface area contributed by atoms with Gasteiger partial charge in [0.1, 0.15) is 24.1 Å². The third kappa shape index (κ3) is 7.88. The minimum atomic E-state index is -3.89. The third-order valence-corrected chi connectivity index (χ3v) is 6.65. The monoisotopic (exact) mass is 505 g/mol. The maximum absolute atomic E-state index is 13.6. The largest absolute Gasteiger partial charge is 0.497 e. The number of nitrogens with one attached hydrogen (secondary N) is 1. The van der Waals surface area contributed by atoms with Gasteiger partial charge in [0, 0.05) is 19.2 Å². The predicted molar refractivity (Wildman–Crippen MR) is 136 cm³/mol. The summed E-state index contributed by atoms with van der Waals surface area (Å²) >= 11 is 0. The van der Waals surface area contributed by atoms with Crippen molar-refractivity contribution < 1.29 is 27.5 Å². The Hall–Kier alpha value is -3.27. The van der Waals surface area contributed by atoms with E-state index in [2.05, 4.69) is 5.32 Å². The molecular weight excluding hydrogens is 470 g/mol. The van der Waals surface area contributed by atoms with E-state index in [9.17, 15) is 18.0 Å². The van der Waals surface area contributed by atoms with Gasteiger partial charge < -0.3 is 19.7 Å². The van der Waals surface area contributed by atoms with Crippen molar-refractivity contribution >= 4 is 27.5 Å². The zero-order valence-electron chi connectivity index (χ0n) is 21.0. The first-order valence-corrected chi connectivity index (χ1v) is 13.3. The fraction of sp³-hybridized carbons (Fsp3) is 0.440. The molecule has 0 saturated heterocycles. The molecule has 0 fully saturated rings. The lowest BCUT2D eigenvalue weighted by atomic mass is 10.1. The number of hydrogen-bond acceptors (Lipinski definition) is 6. The smallest absolute Gasteiger partial charge is 0.244 e. The summed E-state index contributed by atoms with van der Waals surface area (Å²) < 4.78 is 37.1. The molecule has 0 aliphatic heterocycles. The number of nitrogens with zero attached hydrogens (tertiary/aromatic N) is 2. The normalized spacial score (nSPS) is 11.9. The topological polar surface area (TPSA) is 105 Å². The summed E-state index contributed by atoms with van der Waals surface area (Å²) in [5, 5.41) is 2.85. The number of carbonyl (C=O) groups is 2. The Morgan fingerprint density at radius 2 is 1.74 bits per heavy atom. The first-order valence-electron chi connectivity index (χ1n) is 11.4. The Labute approximate surface area is 208 Å². The molecule has 0 spiro atoms. The molecule has 0 unspecified atom stereocenters. The molecule has 1 N–H and O–H groups in total. The summed E-state index contributed by atoms with van der Waals surface area (Å²) in [5.74, 6) is -0.148. The molecule has 9 nitrogen and oxygen atoms in total. The van der Waals surface area contributed by atoms with Crippen molar-refractivity contribution in [3.8, 4) is 11.5 Å². The maximum atomic E-state index is 13.6. The SMILES string of the molecule is CCCCNC(=O)[C@H](C)N(Cc1ccccc1)C(=O)CN(c1cc(OC)ccc1OC)S(C)(=O)=O. The number of methoxy groups -OCH3 is 2. The van der Waals surface area contributed by atoms with E-state index in [1.807, 2.05) is 37.3 Å². The molecular formula is C25H35N3O6S. The van der Waals surface area contributed by atoms with Crippen LogP contribution in [0.25, 0.3) is 0 Å². The highest BCUT2D eigenvalue weighted by Crippen LogP contribution is 2.33. The minimum Gasteiger partial charge on any atom is -0.497 e. The number of sulfonamides is 1. The van der Waals surface area contributed by atoms with Crippen LogP contribution in [0.4, 0.5) is 5.69 Å². The molecule has 0 aromatic heterocycles. The molecule has 0 aliphatic carbocycles. The molecule has 192 valence electrons. The highest BCUT2D eigenvalue weighted by molar-refractivity contribution is 7.92. The van der Waals surface area contributed by atoms with Gasteiger partial charge in [0.25, 0.3) is 0 Å². The van der Waals surface area contributed by atoms with Crippen LogP contribution < -0.4 is 19.1 Å². The van der Waals surface area contributed by atoms with Crippen molar-refractivity contribution in [1.29, 1.82) is 0 Å². The highest BCUT2D eigenvalue weighted by atomic mass is 32.2. The molecule has 35 heavy (non-hydrogen) atoms. The van der Waals surface area contributed by atoms with Crippen molar-refractivity contribution in [3.63, 3.8) is 0 Å². The molecule has 0 radical (unpaired) electrons. The van der Waals surface area contributed by atoms with Gasteiger partial charge in [0.15, 0.2) is 0 Å². The van der Waals surface area contributed by atoms with Crippen LogP contribution in [0.5, 0.6) is 11.5 Å². The molecule has 0 aliphatic rings. The van der Waals surface area contributed by atoms with Gasteiger partial charge in [-0.15, -0.1) is 0 Å². The van der Waals surface area contributed by atoms with E-state index in [0.29, 0.717) is 12.3 Å². The van der Waals surface area contributed by atoms with Crippen LogP contribution in [0.1, 0.15) is 32.3 Å². The predicted octanol–water partition coefficient (Wildman–Crippen LogP) is 2.80. The van der Waals surface area contributed by atoms with Crippen LogP contribution in [-0.4, -0.2) is 64.7 Å². The second-order valence-electron chi connectivity index (χ2n) is 8.14. The number of benzene rings is 2. The number of ether oxygens (including phenoxy) is 2. The van der Waals surface area contributed by atoms with Crippen LogP contribution in [0.15, 0.2) is 48.5 Å². The van der Waals surface area contributed by atoms with Crippen molar-refractivity contribution in [2.45, 2.75) is 39.3 Å². The minimum absolute atomic E-state index is 0.148. The average Bonchev–Trinajstić information content (AvgIpc) is 2.84. The van der Waals surface area contributed by atoms with Crippen LogP contribution in [0.2, 0.25) is 0 Å². The molecule has 0 heterocycles. The summed E-state index contributed by atoms with van der Waals surface area (Å²) in [4.78, 5) is 27.8. The van der Waals surface area contributed by atoms with E-state index in [1.165, 1.54) is 25.2 Å². The van der Waals surface area contributed by atoms with Gasteiger partial charge in [0.2, 0.25) is 21.8 Å². The average molecular weight is 506 g/mol. The highest BCUT2D eigenvalue weighted by Gasteiger charge is 2.31. The van der Waals surface area contributed by atoms with Gasteiger partial charge >= 0.3 is 0 Å². The summed E-state index contributed by atoms with van der Waals surface area (Å²) in [7, 11) is -1.02. The zero-order valence-corrected chi connectivity index (χ0v) is 21.8. The number of rotatable bonds is 13. The summed E-state index contributed by atoms with van der Waals surface area (Å²) in [6, 6.07) is 13.1. The Morgan fingerprint density at radius 1 is 1.06 bits per heavy atom. The number of amides is 2. The van der Waals surface area contributed by atoms with Gasteiger partial charge in [-0.2, -0.15) is 0 Å². The molecule has 0 saturated carbocycles. The third-order valence-electron chi connectivity index (χ3n) is 5.53. The lowest BCUT2D eigenvalue weighted by Gasteiger charge is -2.32. The van der Waals surface area contributed by atoms with E-state index in [0.717, 1.165) is 29.0 Å². The Morgan fingerprint density at radius 3 is 2.31 bits per heavy atom. The van der Waals surface area contributed by atoms with E-state index in [1.54, 1.807) is 19.1 Å². The van der Waals surface area contributed by atoms with Crippen molar-refractivity contribution in [2.75, 3.05) is 37.9 Å². The quantitative estimate of drug-likeness (QED) is 0.420. The van der Waals surface area contributed by atoms with E-state index in [-0.39, 0.29) is 23.9 Å². The zero-order chi connectivity index (χ0) is 26.0. The number of hydrogen-bond donors (Lipinski definition) is 1. The van der Waals surface area contributed by atoms with Gasteiger partial charge in [-0.05, 0) is 31.0 Å². The van der Waals surface area contributed by atoms with Gasteiger partial charge in [-0.25, -0.2) is 8.42 Å². The molecule has 2 aromatic rings. The molecule has 2 aromatic carbocycles. The summed E-state index contributed by atoms with van der Waals surface area (Å²) in [5.41, 5.74) is 0.987. The summed E-state index contributed by atoms with van der Waals surface area (Å²) in [6.45, 7) is 3.80. The van der Waals surface area contributed by atoms with E-state index >= 15 is 0 Å². The number of carbonyl (C=O) groups excluding carboxylic acids is 2. The van der Waals surface area contributed by atoms with E-state index in [4.69, 9.17) is 9.47 Å². The van der Waals surface area contributed by atoms with Crippen LogP contribution >= 0.6 is 0 Å². The molecule has 2 amide bonds. The van der Waals surface area contributed by atoms with Crippen molar-refractivity contribution in [1.82, 2.24) is 10.2 Å². The number of anilines is 1. The van der Waals surface area contributed by atoms with Gasteiger partial charge in [-0.1, -0.05) is 43.7 Å². The fourth-order valence-electron chi connectivity index (χ4n) is 3.49. The van der Waals surface area contributed by atoms with Crippen LogP contribution in [0, 0.1) is 0 Å². The van der Waals surface area contributed by atoms with Gasteiger partial charge in [0.05, 0.1) is 26.2 Å². The van der Waals surface area contributed by atoms with Crippen molar-refractivity contribution in [2.24, 2.45) is 0 Å². The summed E-state index contributed by atoms with van der Waals surface area (Å²) in [6.07, 6.45) is 2.76. The van der Waals surface area contributed by atoms with Gasteiger partial charge in [-0.3, -0.25) is 13.9 Å². The fourth-order valence-corrected chi connectivity index (χ4v) is 4.33. The first kappa shape index (κ1) is 28.0. The lowest BCUT2D eigenvalue weighted by molar-refractivity contribution is -0.139. The molecule has 2 rings (SSSR count).